The molecule has 1 aliphatic heterocycles. The number of piperidine rings is 1. The summed E-state index contributed by atoms with van der Waals surface area (Å²) in [5, 5.41) is 1.40. The highest BCUT2D eigenvalue weighted by molar-refractivity contribution is 5.82. The van der Waals surface area contributed by atoms with Crippen molar-refractivity contribution in [2.24, 2.45) is 13.0 Å². The molecule has 0 amide bonds. The predicted molar refractivity (Wildman–Crippen MR) is 79.4 cm³/mol. The van der Waals surface area contributed by atoms with Gasteiger partial charge >= 0.3 is 0 Å². The highest BCUT2D eigenvalue weighted by atomic mass is 15.2. The Balaban J connectivity index is 1.74. The standard InChI is InChI=1S/C17H22N2/c1-3-8-19-11-14-10-17(14,12-19)16-9-13-6-4-5-7-15(13)18(16)2/h4-7,9,14H,3,8,10-12H2,1-2H3. The molecule has 2 nitrogen and oxygen atoms in total. The molecule has 2 aromatic rings. The summed E-state index contributed by atoms with van der Waals surface area (Å²) in [5.74, 6) is 0.905. The van der Waals surface area contributed by atoms with Gasteiger partial charge in [0, 0.05) is 36.8 Å². The summed E-state index contributed by atoms with van der Waals surface area (Å²) in [6.07, 6.45) is 2.68. The van der Waals surface area contributed by atoms with E-state index in [4.69, 9.17) is 0 Å². The average Bonchev–Trinajstić information content (AvgIpc) is 2.81. The second-order valence-corrected chi connectivity index (χ2v) is 6.44. The van der Waals surface area contributed by atoms with Crippen molar-refractivity contribution in [3.8, 4) is 0 Å². The van der Waals surface area contributed by atoms with Crippen LogP contribution in [-0.4, -0.2) is 29.1 Å². The lowest BCUT2D eigenvalue weighted by molar-refractivity contribution is 0.297. The molecule has 0 bridgehead atoms. The maximum absolute atomic E-state index is 2.66. The van der Waals surface area contributed by atoms with Crippen LogP contribution in [0.1, 0.15) is 25.5 Å². The lowest BCUT2D eigenvalue weighted by atomic mass is 10.0. The molecule has 0 radical (unpaired) electrons. The Bertz CT molecular complexity index is 627. The second kappa shape index (κ2) is 3.86. The van der Waals surface area contributed by atoms with Gasteiger partial charge in [0.25, 0.3) is 0 Å². The SMILES string of the molecule is CCCN1CC2CC2(c2cc3ccccc3n2C)C1. The van der Waals surface area contributed by atoms with Gasteiger partial charge in [-0.25, -0.2) is 0 Å². The van der Waals surface area contributed by atoms with Crippen molar-refractivity contribution in [2.45, 2.75) is 25.2 Å². The van der Waals surface area contributed by atoms with E-state index in [0.29, 0.717) is 5.41 Å². The molecule has 1 aromatic heterocycles. The number of likely N-dealkylation sites (tertiary alicyclic amines) is 1. The van der Waals surface area contributed by atoms with Crippen molar-refractivity contribution in [3.05, 3.63) is 36.0 Å². The van der Waals surface area contributed by atoms with Crippen LogP contribution in [0.3, 0.4) is 0 Å². The first-order valence-electron chi connectivity index (χ1n) is 7.52. The van der Waals surface area contributed by atoms with Gasteiger partial charge in [0.2, 0.25) is 0 Å². The Morgan fingerprint density at radius 1 is 1.32 bits per heavy atom. The molecule has 2 fully saturated rings. The lowest BCUT2D eigenvalue weighted by Crippen LogP contribution is -2.28. The van der Waals surface area contributed by atoms with E-state index >= 15 is 0 Å². The Kier molecular flexibility index (Phi) is 2.34. The minimum Gasteiger partial charge on any atom is -0.347 e. The van der Waals surface area contributed by atoms with E-state index in [1.807, 2.05) is 0 Å². The fourth-order valence-electron chi connectivity index (χ4n) is 4.24. The van der Waals surface area contributed by atoms with Crippen molar-refractivity contribution >= 4 is 10.9 Å². The van der Waals surface area contributed by atoms with E-state index in [2.05, 4.69) is 53.8 Å². The van der Waals surface area contributed by atoms with Crippen LogP contribution in [-0.2, 0) is 12.5 Å². The summed E-state index contributed by atoms with van der Waals surface area (Å²) in [6.45, 7) is 6.14. The van der Waals surface area contributed by atoms with Crippen molar-refractivity contribution in [2.75, 3.05) is 19.6 Å². The molecule has 100 valence electrons. The molecule has 2 heterocycles. The first-order valence-corrected chi connectivity index (χ1v) is 7.52. The molecule has 1 saturated heterocycles. The molecule has 0 spiro atoms. The molecule has 4 rings (SSSR count). The lowest BCUT2D eigenvalue weighted by Gasteiger charge is -2.20. The zero-order valence-electron chi connectivity index (χ0n) is 11.9. The number of rotatable bonds is 3. The number of aryl methyl sites for hydroxylation is 1. The number of para-hydroxylation sites is 1. The van der Waals surface area contributed by atoms with Gasteiger partial charge in [-0.15, -0.1) is 0 Å². The summed E-state index contributed by atoms with van der Waals surface area (Å²) in [4.78, 5) is 2.66. The smallest absolute Gasteiger partial charge is 0.0480 e. The molecular weight excluding hydrogens is 232 g/mol. The van der Waals surface area contributed by atoms with E-state index in [-0.39, 0.29) is 0 Å². The van der Waals surface area contributed by atoms with Crippen molar-refractivity contribution in [3.63, 3.8) is 0 Å². The summed E-state index contributed by atoms with van der Waals surface area (Å²) < 4.78 is 2.44. The van der Waals surface area contributed by atoms with Crippen LogP contribution in [0.15, 0.2) is 30.3 Å². The molecular formula is C17H22N2. The van der Waals surface area contributed by atoms with Crippen LogP contribution in [0.2, 0.25) is 0 Å². The molecule has 2 heteroatoms. The number of hydrogen-bond acceptors (Lipinski definition) is 1. The number of fused-ring (bicyclic) bond motifs is 2. The summed E-state index contributed by atoms with van der Waals surface area (Å²) in [6, 6.07) is 11.2. The molecule has 0 N–H and O–H groups in total. The van der Waals surface area contributed by atoms with Gasteiger partial charge in [0.05, 0.1) is 0 Å². The fourth-order valence-corrected chi connectivity index (χ4v) is 4.24. The number of nitrogens with zero attached hydrogens (tertiary/aromatic N) is 2. The third kappa shape index (κ3) is 1.53. The Labute approximate surface area is 115 Å². The first kappa shape index (κ1) is 11.5. The average molecular weight is 254 g/mol. The molecule has 1 aromatic carbocycles. The van der Waals surface area contributed by atoms with Gasteiger partial charge in [-0.05, 0) is 42.8 Å². The van der Waals surface area contributed by atoms with Crippen LogP contribution < -0.4 is 0 Å². The highest BCUT2D eigenvalue weighted by Crippen LogP contribution is 2.59. The van der Waals surface area contributed by atoms with E-state index in [0.717, 1.165) is 5.92 Å². The van der Waals surface area contributed by atoms with Gasteiger partial charge in [0.15, 0.2) is 0 Å². The number of aromatic nitrogens is 1. The van der Waals surface area contributed by atoms with Crippen LogP contribution in [0.4, 0.5) is 0 Å². The van der Waals surface area contributed by atoms with Crippen LogP contribution >= 0.6 is 0 Å². The minimum atomic E-state index is 0.475. The van der Waals surface area contributed by atoms with Crippen LogP contribution in [0.25, 0.3) is 10.9 Å². The fraction of sp³-hybridized carbons (Fsp3) is 0.529. The molecule has 1 saturated carbocycles. The molecule has 1 aliphatic carbocycles. The van der Waals surface area contributed by atoms with Crippen LogP contribution in [0.5, 0.6) is 0 Å². The Morgan fingerprint density at radius 2 is 2.16 bits per heavy atom. The Hall–Kier alpha value is -1.28. The monoisotopic (exact) mass is 254 g/mol. The van der Waals surface area contributed by atoms with Gasteiger partial charge in [-0.3, -0.25) is 0 Å². The Morgan fingerprint density at radius 3 is 2.95 bits per heavy atom. The largest absolute Gasteiger partial charge is 0.347 e. The quantitative estimate of drug-likeness (QED) is 0.817. The highest BCUT2D eigenvalue weighted by Gasteiger charge is 2.61. The van der Waals surface area contributed by atoms with Crippen molar-refractivity contribution in [1.82, 2.24) is 9.47 Å². The van der Waals surface area contributed by atoms with Crippen molar-refractivity contribution in [1.29, 1.82) is 0 Å². The van der Waals surface area contributed by atoms with Gasteiger partial charge < -0.3 is 9.47 Å². The predicted octanol–water partition coefficient (Wildman–Crippen LogP) is 3.16. The molecule has 19 heavy (non-hydrogen) atoms. The van der Waals surface area contributed by atoms with E-state index in [1.165, 1.54) is 43.4 Å². The van der Waals surface area contributed by atoms with Gasteiger partial charge in [-0.2, -0.15) is 0 Å². The minimum absolute atomic E-state index is 0.475. The summed E-state index contributed by atoms with van der Waals surface area (Å²) in [5.41, 5.74) is 3.42. The van der Waals surface area contributed by atoms with E-state index in [9.17, 15) is 0 Å². The van der Waals surface area contributed by atoms with E-state index < -0.39 is 0 Å². The maximum Gasteiger partial charge on any atom is 0.0480 e. The van der Waals surface area contributed by atoms with Gasteiger partial charge in [0.1, 0.15) is 0 Å². The second-order valence-electron chi connectivity index (χ2n) is 6.44. The molecule has 2 aliphatic rings. The summed E-state index contributed by atoms with van der Waals surface area (Å²) >= 11 is 0. The first-order chi connectivity index (χ1) is 9.24. The molecule has 2 atom stereocenters. The molecule has 2 unspecified atom stereocenters. The maximum atomic E-state index is 2.66. The number of benzene rings is 1. The zero-order valence-corrected chi connectivity index (χ0v) is 11.9. The third-order valence-electron chi connectivity index (χ3n) is 5.22. The third-order valence-corrected chi connectivity index (χ3v) is 5.22. The normalized spacial score (nSPS) is 29.9. The van der Waals surface area contributed by atoms with Crippen LogP contribution in [0, 0.1) is 5.92 Å². The summed E-state index contributed by atoms with van der Waals surface area (Å²) in [7, 11) is 2.24. The van der Waals surface area contributed by atoms with Gasteiger partial charge in [-0.1, -0.05) is 25.1 Å². The van der Waals surface area contributed by atoms with E-state index in [1.54, 1.807) is 5.69 Å². The number of hydrogen-bond donors (Lipinski definition) is 0. The van der Waals surface area contributed by atoms with Crippen molar-refractivity contribution < 1.29 is 0 Å². The zero-order chi connectivity index (χ0) is 13.0. The topological polar surface area (TPSA) is 8.17 Å².